The molecule has 0 spiro atoms. The first-order valence-electron chi connectivity index (χ1n) is 8.91. The fourth-order valence-electron chi connectivity index (χ4n) is 3.00. The minimum absolute atomic E-state index is 0.101. The molecule has 1 aliphatic rings. The van der Waals surface area contributed by atoms with Crippen molar-refractivity contribution in [2.75, 3.05) is 18.5 Å². The molecule has 1 fully saturated rings. The first-order chi connectivity index (χ1) is 12.1. The predicted molar refractivity (Wildman–Crippen MR) is 97.6 cm³/mol. The summed E-state index contributed by atoms with van der Waals surface area (Å²) < 4.78 is 11.1. The number of nitrogens with zero attached hydrogens (tertiary/aromatic N) is 1. The number of amides is 2. The molecule has 0 aliphatic carbocycles. The van der Waals surface area contributed by atoms with Crippen molar-refractivity contribution < 1.29 is 13.9 Å². The lowest BCUT2D eigenvalue weighted by Crippen LogP contribution is -2.39. The number of urea groups is 1. The molecule has 1 atom stereocenters. The first-order valence-corrected chi connectivity index (χ1v) is 8.91. The summed E-state index contributed by atoms with van der Waals surface area (Å²) in [6.45, 7) is 6.08. The summed E-state index contributed by atoms with van der Waals surface area (Å²) in [7, 11) is 0. The molecule has 1 aromatic carbocycles. The van der Waals surface area contributed by atoms with Crippen LogP contribution in [-0.4, -0.2) is 30.2 Å². The highest BCUT2D eigenvalue weighted by molar-refractivity contribution is 5.89. The van der Waals surface area contributed by atoms with Gasteiger partial charge in [0.15, 0.2) is 0 Å². The first kappa shape index (κ1) is 17.5. The van der Waals surface area contributed by atoms with E-state index in [2.05, 4.69) is 31.3 Å². The van der Waals surface area contributed by atoms with Gasteiger partial charge in [-0.05, 0) is 48.6 Å². The van der Waals surface area contributed by atoms with Crippen LogP contribution in [0.15, 0.2) is 47.1 Å². The summed E-state index contributed by atoms with van der Waals surface area (Å²) in [5.74, 6) is 1.24. The predicted octanol–water partition coefficient (Wildman–Crippen LogP) is 4.62. The number of hydrogen-bond donors (Lipinski definition) is 1. The zero-order chi connectivity index (χ0) is 17.6. The fourth-order valence-corrected chi connectivity index (χ4v) is 3.00. The Morgan fingerprint density at radius 1 is 1.28 bits per heavy atom. The van der Waals surface area contributed by atoms with Crippen molar-refractivity contribution >= 4 is 11.7 Å². The summed E-state index contributed by atoms with van der Waals surface area (Å²) >= 11 is 0. The highest BCUT2D eigenvalue weighted by Crippen LogP contribution is 2.19. The van der Waals surface area contributed by atoms with Crippen molar-refractivity contribution in [3.63, 3.8) is 0 Å². The van der Waals surface area contributed by atoms with Crippen molar-refractivity contribution in [2.45, 2.75) is 45.3 Å². The van der Waals surface area contributed by atoms with Gasteiger partial charge in [0.2, 0.25) is 0 Å². The molecule has 2 heterocycles. The Morgan fingerprint density at radius 3 is 2.68 bits per heavy atom. The van der Waals surface area contributed by atoms with Gasteiger partial charge in [0.05, 0.1) is 18.9 Å². The maximum absolute atomic E-state index is 12.8. The van der Waals surface area contributed by atoms with Gasteiger partial charge >= 0.3 is 6.03 Å². The molecule has 25 heavy (non-hydrogen) atoms. The SMILES string of the molecule is CC(C)c1ccc(NC(=O)N(Cc2ccco2)CC2CCCO2)cc1. The van der Waals surface area contributed by atoms with E-state index in [4.69, 9.17) is 9.15 Å². The van der Waals surface area contributed by atoms with E-state index in [0.29, 0.717) is 19.0 Å². The van der Waals surface area contributed by atoms with Crippen molar-refractivity contribution in [3.05, 3.63) is 54.0 Å². The summed E-state index contributed by atoms with van der Waals surface area (Å²) in [5.41, 5.74) is 2.05. The molecular weight excluding hydrogens is 316 g/mol. The smallest absolute Gasteiger partial charge is 0.322 e. The largest absolute Gasteiger partial charge is 0.467 e. The van der Waals surface area contributed by atoms with Gasteiger partial charge in [0.1, 0.15) is 5.76 Å². The summed E-state index contributed by atoms with van der Waals surface area (Å²) in [4.78, 5) is 14.5. The molecule has 1 saturated heterocycles. The normalized spacial score (nSPS) is 17.0. The Balaban J connectivity index is 1.66. The van der Waals surface area contributed by atoms with Gasteiger partial charge < -0.3 is 19.4 Å². The molecule has 0 saturated carbocycles. The van der Waals surface area contributed by atoms with Gasteiger partial charge in [-0.1, -0.05) is 26.0 Å². The summed E-state index contributed by atoms with van der Waals surface area (Å²) in [6.07, 6.45) is 3.77. The molecular formula is C20H26N2O3. The van der Waals surface area contributed by atoms with Gasteiger partial charge in [0.25, 0.3) is 0 Å². The molecule has 134 valence electrons. The summed E-state index contributed by atoms with van der Waals surface area (Å²) in [5, 5.41) is 2.98. The molecule has 1 N–H and O–H groups in total. The lowest BCUT2D eigenvalue weighted by Gasteiger charge is -2.25. The molecule has 2 aromatic rings. The highest BCUT2D eigenvalue weighted by Gasteiger charge is 2.23. The molecule has 3 rings (SSSR count). The van der Waals surface area contributed by atoms with Crippen LogP contribution < -0.4 is 5.32 Å². The molecule has 1 aliphatic heterocycles. The average Bonchev–Trinajstić information content (AvgIpc) is 3.28. The molecule has 0 radical (unpaired) electrons. The van der Waals surface area contributed by atoms with Crippen LogP contribution in [0.25, 0.3) is 0 Å². The Bertz CT molecular complexity index is 659. The second kappa shape index (κ2) is 8.21. The third-order valence-corrected chi connectivity index (χ3v) is 4.49. The second-order valence-electron chi connectivity index (χ2n) is 6.80. The molecule has 1 aromatic heterocycles. The van der Waals surface area contributed by atoms with Crippen LogP contribution in [0.5, 0.6) is 0 Å². The second-order valence-corrected chi connectivity index (χ2v) is 6.80. The van der Waals surface area contributed by atoms with Crippen LogP contribution in [0.2, 0.25) is 0 Å². The Kier molecular flexibility index (Phi) is 5.76. The molecule has 5 heteroatoms. The minimum atomic E-state index is -0.135. The van der Waals surface area contributed by atoms with Gasteiger partial charge in [-0.25, -0.2) is 4.79 Å². The number of hydrogen-bond acceptors (Lipinski definition) is 3. The number of nitrogens with one attached hydrogen (secondary N) is 1. The van der Waals surface area contributed by atoms with E-state index in [9.17, 15) is 4.79 Å². The number of rotatable bonds is 6. The fraction of sp³-hybridized carbons (Fsp3) is 0.450. The van der Waals surface area contributed by atoms with Gasteiger partial charge in [-0.2, -0.15) is 0 Å². The van der Waals surface area contributed by atoms with Crippen LogP contribution in [0.4, 0.5) is 10.5 Å². The molecule has 2 amide bonds. The number of carbonyl (C=O) groups is 1. The van der Waals surface area contributed by atoms with E-state index in [1.807, 2.05) is 24.3 Å². The van der Waals surface area contributed by atoms with Crippen LogP contribution in [0.1, 0.15) is 43.9 Å². The zero-order valence-electron chi connectivity index (χ0n) is 14.9. The lowest BCUT2D eigenvalue weighted by atomic mass is 10.0. The number of benzene rings is 1. The van der Waals surface area contributed by atoms with E-state index < -0.39 is 0 Å². The van der Waals surface area contributed by atoms with Crippen LogP contribution in [0.3, 0.4) is 0 Å². The number of furan rings is 1. The standard InChI is InChI=1S/C20H26N2O3/c1-15(2)16-7-9-17(10-8-16)21-20(23)22(13-18-5-3-11-24-18)14-19-6-4-12-25-19/h3,5,7-11,15,19H,4,6,12-14H2,1-2H3,(H,21,23). The van der Waals surface area contributed by atoms with Crippen molar-refractivity contribution in [3.8, 4) is 0 Å². The van der Waals surface area contributed by atoms with Crippen LogP contribution in [-0.2, 0) is 11.3 Å². The number of anilines is 1. The van der Waals surface area contributed by atoms with E-state index in [0.717, 1.165) is 30.9 Å². The molecule has 5 nitrogen and oxygen atoms in total. The molecule has 0 bridgehead atoms. The van der Waals surface area contributed by atoms with E-state index in [-0.39, 0.29) is 12.1 Å². The van der Waals surface area contributed by atoms with E-state index in [1.165, 1.54) is 5.56 Å². The highest BCUT2D eigenvalue weighted by atomic mass is 16.5. The van der Waals surface area contributed by atoms with Crippen molar-refractivity contribution in [1.29, 1.82) is 0 Å². The Morgan fingerprint density at radius 2 is 2.08 bits per heavy atom. The van der Waals surface area contributed by atoms with Gasteiger partial charge in [0, 0.05) is 18.8 Å². The van der Waals surface area contributed by atoms with Crippen molar-refractivity contribution in [2.24, 2.45) is 0 Å². The van der Waals surface area contributed by atoms with E-state index >= 15 is 0 Å². The quantitative estimate of drug-likeness (QED) is 0.833. The van der Waals surface area contributed by atoms with Gasteiger partial charge in [-0.3, -0.25) is 0 Å². The third kappa shape index (κ3) is 4.86. The van der Waals surface area contributed by atoms with E-state index in [1.54, 1.807) is 11.2 Å². The maximum Gasteiger partial charge on any atom is 0.322 e. The zero-order valence-corrected chi connectivity index (χ0v) is 14.9. The Hall–Kier alpha value is -2.27. The topological polar surface area (TPSA) is 54.7 Å². The van der Waals surface area contributed by atoms with Gasteiger partial charge in [-0.15, -0.1) is 0 Å². The number of ether oxygens (including phenoxy) is 1. The van der Waals surface area contributed by atoms with Crippen LogP contribution >= 0.6 is 0 Å². The van der Waals surface area contributed by atoms with Crippen molar-refractivity contribution in [1.82, 2.24) is 4.90 Å². The average molecular weight is 342 g/mol. The maximum atomic E-state index is 12.8. The monoisotopic (exact) mass is 342 g/mol. The Labute approximate surface area is 149 Å². The minimum Gasteiger partial charge on any atom is -0.467 e. The molecule has 1 unspecified atom stereocenters. The lowest BCUT2D eigenvalue weighted by molar-refractivity contribution is 0.0803. The number of carbonyl (C=O) groups excluding carboxylic acids is 1. The summed E-state index contributed by atoms with van der Waals surface area (Å²) in [6, 6.07) is 11.6. The third-order valence-electron chi connectivity index (χ3n) is 4.49. The van der Waals surface area contributed by atoms with Crippen LogP contribution in [0, 0.1) is 0 Å².